The van der Waals surface area contributed by atoms with Gasteiger partial charge < -0.3 is 20.1 Å². The second-order valence-electron chi connectivity index (χ2n) is 5.35. The fraction of sp³-hybridized carbons (Fsp3) is 0.538. The second-order valence-corrected chi connectivity index (χ2v) is 5.35. The molecule has 118 valence electrons. The van der Waals surface area contributed by atoms with Gasteiger partial charge in [0.1, 0.15) is 0 Å². The molecule has 0 bridgehead atoms. The fourth-order valence-corrected chi connectivity index (χ4v) is 2.01. The van der Waals surface area contributed by atoms with E-state index >= 15 is 0 Å². The molecule has 0 amide bonds. The van der Waals surface area contributed by atoms with E-state index in [9.17, 15) is 19.6 Å². The summed E-state index contributed by atoms with van der Waals surface area (Å²) in [6, 6.07) is 2.00. The molecule has 0 aliphatic carbocycles. The highest BCUT2D eigenvalue weighted by Gasteiger charge is 2.23. The number of benzene rings is 1. The normalized spacial score (nSPS) is 13.9. The van der Waals surface area contributed by atoms with E-state index in [4.69, 9.17) is 4.74 Å². The SMILES string of the molecule is COc1cc(NCC(C)(O)CN(C)C)c(F)cc1[N+](=O)[O-]. The Morgan fingerprint density at radius 2 is 2.14 bits per heavy atom. The maximum Gasteiger partial charge on any atom is 0.313 e. The van der Waals surface area contributed by atoms with Gasteiger partial charge in [-0.25, -0.2) is 4.39 Å². The highest BCUT2D eigenvalue weighted by atomic mass is 19.1. The van der Waals surface area contributed by atoms with Crippen molar-refractivity contribution in [1.82, 2.24) is 4.90 Å². The summed E-state index contributed by atoms with van der Waals surface area (Å²) in [5, 5.41) is 23.7. The molecule has 1 unspecified atom stereocenters. The van der Waals surface area contributed by atoms with Gasteiger partial charge in [-0.15, -0.1) is 0 Å². The fourth-order valence-electron chi connectivity index (χ4n) is 2.01. The summed E-state index contributed by atoms with van der Waals surface area (Å²) in [4.78, 5) is 11.9. The Morgan fingerprint density at radius 3 is 2.62 bits per heavy atom. The average molecular weight is 301 g/mol. The molecule has 0 fully saturated rings. The number of aliphatic hydroxyl groups is 1. The Morgan fingerprint density at radius 1 is 1.52 bits per heavy atom. The van der Waals surface area contributed by atoms with Gasteiger partial charge in [-0.3, -0.25) is 10.1 Å². The van der Waals surface area contributed by atoms with Crippen molar-refractivity contribution in [2.24, 2.45) is 0 Å². The number of rotatable bonds is 7. The predicted octanol–water partition coefficient (Wildman–Crippen LogP) is 1.47. The van der Waals surface area contributed by atoms with Crippen LogP contribution in [0, 0.1) is 15.9 Å². The number of nitrogens with one attached hydrogen (secondary N) is 1. The average Bonchev–Trinajstić information content (AvgIpc) is 2.35. The molecule has 1 rings (SSSR count). The third kappa shape index (κ3) is 4.83. The van der Waals surface area contributed by atoms with Gasteiger partial charge in [0.05, 0.1) is 29.4 Å². The van der Waals surface area contributed by atoms with E-state index in [1.165, 1.54) is 13.2 Å². The largest absolute Gasteiger partial charge is 0.490 e. The lowest BCUT2D eigenvalue weighted by molar-refractivity contribution is -0.385. The predicted molar refractivity (Wildman–Crippen MR) is 77.3 cm³/mol. The molecular formula is C13H20FN3O4. The minimum atomic E-state index is -1.08. The molecule has 0 radical (unpaired) electrons. The lowest BCUT2D eigenvalue weighted by Gasteiger charge is -2.27. The zero-order valence-electron chi connectivity index (χ0n) is 12.5. The van der Waals surface area contributed by atoms with Gasteiger partial charge >= 0.3 is 5.69 Å². The van der Waals surface area contributed by atoms with E-state index in [-0.39, 0.29) is 18.0 Å². The van der Waals surface area contributed by atoms with Gasteiger partial charge in [-0.05, 0) is 21.0 Å². The van der Waals surface area contributed by atoms with Gasteiger partial charge in [-0.1, -0.05) is 0 Å². The Hall–Kier alpha value is -1.93. The van der Waals surface area contributed by atoms with Crippen molar-refractivity contribution in [2.75, 3.05) is 39.6 Å². The molecule has 0 aliphatic heterocycles. The van der Waals surface area contributed by atoms with Crippen LogP contribution in [0.25, 0.3) is 0 Å². The van der Waals surface area contributed by atoms with E-state index in [0.717, 1.165) is 6.07 Å². The van der Waals surface area contributed by atoms with Crippen LogP contribution in [0.1, 0.15) is 6.92 Å². The first-order valence-electron chi connectivity index (χ1n) is 6.29. The zero-order chi connectivity index (χ0) is 16.2. The van der Waals surface area contributed by atoms with Crippen molar-refractivity contribution in [1.29, 1.82) is 0 Å². The van der Waals surface area contributed by atoms with Gasteiger partial charge in [0.2, 0.25) is 0 Å². The smallest absolute Gasteiger partial charge is 0.313 e. The van der Waals surface area contributed by atoms with Crippen LogP contribution in [-0.4, -0.2) is 54.8 Å². The third-order valence-corrected chi connectivity index (χ3v) is 2.78. The van der Waals surface area contributed by atoms with Crippen molar-refractivity contribution < 1.29 is 19.2 Å². The summed E-state index contributed by atoms with van der Waals surface area (Å²) < 4.78 is 18.7. The first-order chi connectivity index (χ1) is 9.66. The molecular weight excluding hydrogens is 281 g/mol. The van der Waals surface area contributed by atoms with Crippen LogP contribution in [-0.2, 0) is 0 Å². The minimum Gasteiger partial charge on any atom is -0.490 e. The molecule has 0 aromatic heterocycles. The Bertz CT molecular complexity index is 520. The van der Waals surface area contributed by atoms with Gasteiger partial charge in [-0.2, -0.15) is 0 Å². The first kappa shape index (κ1) is 17.1. The number of likely N-dealkylation sites (N-methyl/N-ethyl adjacent to an activating group) is 1. The molecule has 1 atom stereocenters. The van der Waals surface area contributed by atoms with E-state index in [1.807, 2.05) is 14.1 Å². The Labute approximate surface area is 122 Å². The lowest BCUT2D eigenvalue weighted by atomic mass is 10.1. The lowest BCUT2D eigenvalue weighted by Crippen LogP contribution is -2.43. The molecule has 0 saturated carbocycles. The summed E-state index contributed by atoms with van der Waals surface area (Å²) in [5.74, 6) is -0.820. The standard InChI is InChI=1S/C13H20FN3O4/c1-13(18,8-16(2)3)7-15-10-6-12(21-4)11(17(19)20)5-9(10)14/h5-6,15,18H,7-8H2,1-4H3. The van der Waals surface area contributed by atoms with Crippen LogP contribution in [0.15, 0.2) is 12.1 Å². The van der Waals surface area contributed by atoms with Crippen molar-refractivity contribution in [3.8, 4) is 5.75 Å². The third-order valence-electron chi connectivity index (χ3n) is 2.78. The summed E-state index contributed by atoms with van der Waals surface area (Å²) in [7, 11) is 4.89. The summed E-state index contributed by atoms with van der Waals surface area (Å²) in [6.07, 6.45) is 0. The van der Waals surface area contributed by atoms with Gasteiger partial charge in [0.15, 0.2) is 11.6 Å². The number of nitro groups is 1. The Balaban J connectivity index is 2.92. The second kappa shape index (κ2) is 6.68. The van der Waals surface area contributed by atoms with Crippen molar-refractivity contribution in [2.45, 2.75) is 12.5 Å². The molecule has 8 heteroatoms. The number of nitrogens with zero attached hydrogens (tertiary/aromatic N) is 2. The molecule has 0 aliphatic rings. The van der Waals surface area contributed by atoms with Crippen LogP contribution in [0.2, 0.25) is 0 Å². The minimum absolute atomic E-state index is 0.0384. The zero-order valence-corrected chi connectivity index (χ0v) is 12.5. The number of ether oxygens (including phenoxy) is 1. The maximum atomic E-state index is 13.8. The van der Waals surface area contributed by atoms with Crippen LogP contribution in [0.3, 0.4) is 0 Å². The highest BCUT2D eigenvalue weighted by molar-refractivity contribution is 5.59. The topological polar surface area (TPSA) is 87.9 Å². The number of methoxy groups -OCH3 is 1. The van der Waals surface area contributed by atoms with Crippen LogP contribution >= 0.6 is 0 Å². The summed E-state index contributed by atoms with van der Waals surface area (Å²) >= 11 is 0. The van der Waals surface area contributed by atoms with Crippen molar-refractivity contribution >= 4 is 11.4 Å². The quantitative estimate of drug-likeness (QED) is 0.585. The summed E-state index contributed by atoms with van der Waals surface area (Å²) in [5.41, 5.74) is -1.48. The van der Waals surface area contributed by atoms with E-state index in [2.05, 4.69) is 5.32 Å². The molecule has 0 saturated heterocycles. The van der Waals surface area contributed by atoms with Crippen LogP contribution in [0.4, 0.5) is 15.8 Å². The summed E-state index contributed by atoms with van der Waals surface area (Å²) in [6.45, 7) is 2.08. The van der Waals surface area contributed by atoms with E-state index < -0.39 is 22.0 Å². The highest BCUT2D eigenvalue weighted by Crippen LogP contribution is 2.32. The van der Waals surface area contributed by atoms with E-state index in [1.54, 1.807) is 11.8 Å². The molecule has 0 heterocycles. The first-order valence-corrected chi connectivity index (χ1v) is 6.29. The Kier molecular flexibility index (Phi) is 5.45. The van der Waals surface area contributed by atoms with E-state index in [0.29, 0.717) is 6.54 Å². The number of hydrogen-bond acceptors (Lipinski definition) is 6. The number of anilines is 1. The van der Waals surface area contributed by atoms with Crippen LogP contribution < -0.4 is 10.1 Å². The maximum absolute atomic E-state index is 13.8. The van der Waals surface area contributed by atoms with Crippen LogP contribution in [0.5, 0.6) is 5.75 Å². The monoisotopic (exact) mass is 301 g/mol. The molecule has 1 aromatic carbocycles. The molecule has 7 nitrogen and oxygen atoms in total. The van der Waals surface area contributed by atoms with Gasteiger partial charge in [0.25, 0.3) is 0 Å². The van der Waals surface area contributed by atoms with Crippen molar-refractivity contribution in [3.05, 3.63) is 28.1 Å². The number of hydrogen-bond donors (Lipinski definition) is 2. The molecule has 21 heavy (non-hydrogen) atoms. The molecule has 0 spiro atoms. The number of nitro benzene ring substituents is 1. The molecule has 1 aromatic rings. The van der Waals surface area contributed by atoms with Gasteiger partial charge in [0, 0.05) is 19.2 Å². The van der Waals surface area contributed by atoms with Crippen molar-refractivity contribution in [3.63, 3.8) is 0 Å². The number of halogens is 1. The molecule has 2 N–H and O–H groups in total.